The van der Waals surface area contributed by atoms with Gasteiger partial charge in [-0.25, -0.2) is 0 Å². The molecule has 156 valence electrons. The van der Waals surface area contributed by atoms with E-state index in [4.69, 9.17) is 9.16 Å². The summed E-state index contributed by atoms with van der Waals surface area (Å²) in [7, 11) is -2.53. The minimum Gasteiger partial charge on any atom is -0.466 e. The highest BCUT2D eigenvalue weighted by molar-refractivity contribution is 14.1. The molecule has 1 aliphatic rings. The number of alkyl halides is 1. The van der Waals surface area contributed by atoms with Gasteiger partial charge in [0.1, 0.15) is 0 Å². The van der Waals surface area contributed by atoms with Crippen molar-refractivity contribution in [2.75, 3.05) is 11.0 Å². The Bertz CT molecular complexity index is 764. The van der Waals surface area contributed by atoms with E-state index in [1.165, 1.54) is 17.3 Å². The summed E-state index contributed by atoms with van der Waals surface area (Å²) in [5.41, 5.74) is 0. The topological polar surface area (TPSA) is 35.5 Å². The van der Waals surface area contributed by atoms with Crippen LogP contribution in [0.1, 0.15) is 34.1 Å². The van der Waals surface area contributed by atoms with Gasteiger partial charge in [0, 0.05) is 17.3 Å². The Balaban J connectivity index is 1.98. The molecule has 0 aliphatic heterocycles. The summed E-state index contributed by atoms with van der Waals surface area (Å²) in [4.78, 5) is 11.2. The van der Waals surface area contributed by atoms with E-state index in [9.17, 15) is 4.79 Å². The van der Waals surface area contributed by atoms with Gasteiger partial charge >= 0.3 is 5.97 Å². The molecule has 0 aromatic heterocycles. The maximum atomic E-state index is 11.2. The number of hydrogen-bond donors (Lipinski definition) is 0. The lowest BCUT2D eigenvalue weighted by Crippen LogP contribution is -2.69. The predicted octanol–water partition coefficient (Wildman–Crippen LogP) is 4.57. The van der Waals surface area contributed by atoms with Crippen LogP contribution < -0.4 is 10.4 Å². The van der Waals surface area contributed by atoms with E-state index in [0.29, 0.717) is 18.4 Å². The van der Waals surface area contributed by atoms with Gasteiger partial charge in [-0.1, -0.05) is 104 Å². The fourth-order valence-corrected chi connectivity index (χ4v) is 10.5. The molecule has 0 bridgehead atoms. The van der Waals surface area contributed by atoms with E-state index >= 15 is 0 Å². The molecule has 0 heterocycles. The Hall–Kier alpha value is -1.18. The highest BCUT2D eigenvalue weighted by Gasteiger charge is 2.54. The van der Waals surface area contributed by atoms with Crippen LogP contribution in [0.5, 0.6) is 0 Å². The van der Waals surface area contributed by atoms with Gasteiger partial charge in [-0.05, 0) is 27.8 Å². The molecule has 3 rings (SSSR count). The van der Waals surface area contributed by atoms with Crippen LogP contribution in [0.25, 0.3) is 0 Å². The second kappa shape index (κ2) is 9.31. The number of rotatable bonds is 7. The third-order valence-corrected chi connectivity index (χ3v) is 12.1. The van der Waals surface area contributed by atoms with Crippen molar-refractivity contribution in [2.24, 2.45) is 11.8 Å². The number of halogens is 1. The highest BCUT2D eigenvalue weighted by Crippen LogP contribution is 2.45. The second-order valence-corrected chi connectivity index (χ2v) is 14.1. The third-order valence-electron chi connectivity index (χ3n) is 6.04. The first-order valence-electron chi connectivity index (χ1n) is 10.3. The minimum atomic E-state index is -2.53. The number of ether oxygens (including phenoxy) is 1. The maximum absolute atomic E-state index is 11.2. The van der Waals surface area contributed by atoms with Gasteiger partial charge in [-0.15, -0.1) is 0 Å². The van der Waals surface area contributed by atoms with Gasteiger partial charge in [-0.3, -0.25) is 4.79 Å². The summed E-state index contributed by atoms with van der Waals surface area (Å²) < 4.78 is 13.6. The van der Waals surface area contributed by atoms with Crippen LogP contribution in [-0.4, -0.2) is 31.4 Å². The molecule has 1 saturated carbocycles. The number of benzene rings is 2. The maximum Gasteiger partial charge on any atom is 0.302 e. The number of carbonyl (C=O) groups is 1. The molecule has 2 aromatic carbocycles. The SMILES string of the molecule is CC(=O)OC[C@H]1C[C@H](O[Si](c2ccccc2)(c2ccccc2)C(C)(C)C)[C@@H]1CI. The summed E-state index contributed by atoms with van der Waals surface area (Å²) in [5, 5.41) is 2.61. The van der Waals surface area contributed by atoms with E-state index in [1.807, 2.05) is 0 Å². The summed E-state index contributed by atoms with van der Waals surface area (Å²) >= 11 is 2.45. The zero-order valence-electron chi connectivity index (χ0n) is 17.7. The van der Waals surface area contributed by atoms with Crippen molar-refractivity contribution in [1.29, 1.82) is 0 Å². The molecule has 2 aromatic rings. The lowest BCUT2D eigenvalue weighted by molar-refractivity contribution is -0.146. The minimum absolute atomic E-state index is 0.0213. The van der Waals surface area contributed by atoms with Crippen LogP contribution in [0.15, 0.2) is 60.7 Å². The highest BCUT2D eigenvalue weighted by atomic mass is 127. The third kappa shape index (κ3) is 4.62. The van der Waals surface area contributed by atoms with E-state index in [1.54, 1.807) is 0 Å². The quantitative estimate of drug-likeness (QED) is 0.232. The Labute approximate surface area is 189 Å². The first-order chi connectivity index (χ1) is 13.8. The van der Waals surface area contributed by atoms with Crippen molar-refractivity contribution < 1.29 is 14.0 Å². The molecule has 1 fully saturated rings. The Kier molecular flexibility index (Phi) is 7.22. The second-order valence-electron chi connectivity index (χ2n) is 8.94. The van der Waals surface area contributed by atoms with Crippen molar-refractivity contribution in [3.63, 3.8) is 0 Å². The van der Waals surface area contributed by atoms with Crippen LogP contribution in [0.3, 0.4) is 0 Å². The zero-order valence-corrected chi connectivity index (χ0v) is 20.9. The molecule has 0 amide bonds. The molecule has 29 heavy (non-hydrogen) atoms. The lowest BCUT2D eigenvalue weighted by Gasteiger charge is -2.52. The van der Waals surface area contributed by atoms with E-state index in [-0.39, 0.29) is 17.1 Å². The van der Waals surface area contributed by atoms with Crippen LogP contribution in [0, 0.1) is 11.8 Å². The predicted molar refractivity (Wildman–Crippen MR) is 130 cm³/mol. The fourth-order valence-electron chi connectivity index (χ4n) is 4.45. The number of esters is 1. The van der Waals surface area contributed by atoms with Crippen molar-refractivity contribution >= 4 is 47.3 Å². The molecule has 0 unspecified atom stereocenters. The standard InChI is InChI=1S/C24H31IO3Si/c1-18(26)27-17-19-15-23(22(19)16-25)28-29(24(2,3)4,20-11-7-5-8-12-20)21-13-9-6-10-14-21/h5-14,19,22-23H,15-17H2,1-4H3/t19-,22-,23+/m1/s1. The fraction of sp³-hybridized carbons (Fsp3) is 0.458. The summed E-state index contributed by atoms with van der Waals surface area (Å²) in [6.45, 7) is 8.92. The van der Waals surface area contributed by atoms with Crippen molar-refractivity contribution in [2.45, 2.75) is 45.3 Å². The summed E-state index contributed by atoms with van der Waals surface area (Å²) in [5.74, 6) is 0.601. The average Bonchev–Trinajstić information content (AvgIpc) is 2.67. The van der Waals surface area contributed by atoms with Gasteiger partial charge in [0.05, 0.1) is 12.7 Å². The van der Waals surface area contributed by atoms with Gasteiger partial charge in [0.2, 0.25) is 0 Å². The first-order valence-corrected chi connectivity index (χ1v) is 13.7. The van der Waals surface area contributed by atoms with E-state index < -0.39 is 8.32 Å². The van der Waals surface area contributed by atoms with Crippen molar-refractivity contribution in [1.82, 2.24) is 0 Å². The molecular formula is C24H31IO3Si. The van der Waals surface area contributed by atoms with Crippen LogP contribution in [0.2, 0.25) is 5.04 Å². The molecule has 5 heteroatoms. The van der Waals surface area contributed by atoms with Gasteiger partial charge in [0.15, 0.2) is 0 Å². The van der Waals surface area contributed by atoms with E-state index in [0.717, 1.165) is 10.8 Å². The Morgan fingerprint density at radius 1 is 1.03 bits per heavy atom. The van der Waals surface area contributed by atoms with E-state index in [2.05, 4.69) is 104 Å². The zero-order chi connectivity index (χ0) is 21.1. The largest absolute Gasteiger partial charge is 0.466 e. The Morgan fingerprint density at radius 2 is 1.55 bits per heavy atom. The lowest BCUT2D eigenvalue weighted by atomic mass is 9.73. The smallest absolute Gasteiger partial charge is 0.302 e. The Morgan fingerprint density at radius 3 is 1.97 bits per heavy atom. The van der Waals surface area contributed by atoms with Gasteiger partial charge in [0.25, 0.3) is 8.32 Å². The number of hydrogen-bond acceptors (Lipinski definition) is 3. The molecule has 0 spiro atoms. The molecular weight excluding hydrogens is 491 g/mol. The van der Waals surface area contributed by atoms with Crippen LogP contribution in [-0.2, 0) is 14.0 Å². The van der Waals surface area contributed by atoms with Gasteiger partial charge < -0.3 is 9.16 Å². The monoisotopic (exact) mass is 522 g/mol. The molecule has 1 aliphatic carbocycles. The number of carbonyl (C=O) groups excluding carboxylic acids is 1. The molecule has 0 radical (unpaired) electrons. The molecule has 3 nitrogen and oxygen atoms in total. The molecule has 0 N–H and O–H groups in total. The van der Waals surface area contributed by atoms with Crippen molar-refractivity contribution in [3.8, 4) is 0 Å². The van der Waals surface area contributed by atoms with Crippen LogP contribution in [0.4, 0.5) is 0 Å². The summed E-state index contributed by atoms with van der Waals surface area (Å²) in [6.07, 6.45) is 1.14. The summed E-state index contributed by atoms with van der Waals surface area (Å²) in [6, 6.07) is 21.6. The van der Waals surface area contributed by atoms with Gasteiger partial charge in [-0.2, -0.15) is 0 Å². The molecule has 0 saturated heterocycles. The van der Waals surface area contributed by atoms with Crippen LogP contribution >= 0.6 is 22.6 Å². The van der Waals surface area contributed by atoms with Crippen molar-refractivity contribution in [3.05, 3.63) is 60.7 Å². The first kappa shape index (κ1) is 22.5. The normalized spacial score (nSPS) is 22.0. The average molecular weight is 522 g/mol. The molecule has 3 atom stereocenters.